The van der Waals surface area contributed by atoms with E-state index in [9.17, 15) is 18.0 Å². The van der Waals surface area contributed by atoms with Crippen molar-refractivity contribution in [2.45, 2.75) is 23.9 Å². The summed E-state index contributed by atoms with van der Waals surface area (Å²) in [7, 11) is 0. The minimum atomic E-state index is -4.42. The molecule has 0 radical (unpaired) electrons. The predicted octanol–water partition coefficient (Wildman–Crippen LogP) is 5.69. The minimum Gasteiger partial charge on any atom is -0.370 e. The Kier molecular flexibility index (Phi) is 6.22. The number of thioether (sulfide) groups is 1. The molecule has 0 saturated carbocycles. The zero-order valence-electron chi connectivity index (χ0n) is 14.4. The maximum atomic E-state index is 13.1. The van der Waals surface area contributed by atoms with E-state index >= 15 is 0 Å². The topological polar surface area (TPSA) is 32.3 Å². The third-order valence-electron chi connectivity index (χ3n) is 4.23. The van der Waals surface area contributed by atoms with Crippen molar-refractivity contribution in [1.82, 2.24) is 0 Å². The molecule has 1 aliphatic heterocycles. The summed E-state index contributed by atoms with van der Waals surface area (Å²) in [6.07, 6.45) is -2.56. The van der Waals surface area contributed by atoms with Crippen LogP contribution in [0.3, 0.4) is 0 Å². The second-order valence-corrected chi connectivity index (χ2v) is 7.70. The number of carbonyl (C=O) groups excluding carboxylic acids is 1. The van der Waals surface area contributed by atoms with Crippen molar-refractivity contribution in [3.05, 3.63) is 53.1 Å². The molecule has 1 fully saturated rings. The van der Waals surface area contributed by atoms with Gasteiger partial charge in [0.25, 0.3) is 0 Å². The van der Waals surface area contributed by atoms with Crippen molar-refractivity contribution in [3.8, 4) is 0 Å². The third kappa shape index (κ3) is 5.32. The highest BCUT2D eigenvalue weighted by atomic mass is 35.5. The molecule has 0 aliphatic carbocycles. The number of hydrogen-bond donors (Lipinski definition) is 1. The molecule has 1 amide bonds. The van der Waals surface area contributed by atoms with E-state index in [1.165, 1.54) is 17.8 Å². The molecule has 2 aromatic carbocycles. The maximum Gasteiger partial charge on any atom is 0.416 e. The predicted molar refractivity (Wildman–Crippen MR) is 104 cm³/mol. The van der Waals surface area contributed by atoms with Crippen molar-refractivity contribution in [1.29, 1.82) is 0 Å². The molecule has 0 atom stereocenters. The average molecular weight is 415 g/mol. The highest BCUT2D eigenvalue weighted by molar-refractivity contribution is 8.00. The minimum absolute atomic E-state index is 0.155. The van der Waals surface area contributed by atoms with Gasteiger partial charge in [-0.05, 0) is 55.3 Å². The van der Waals surface area contributed by atoms with Crippen LogP contribution in [-0.2, 0) is 11.0 Å². The van der Waals surface area contributed by atoms with Gasteiger partial charge in [-0.25, -0.2) is 0 Å². The Morgan fingerprint density at radius 2 is 1.78 bits per heavy atom. The Bertz CT molecular complexity index is 806. The highest BCUT2D eigenvalue weighted by Gasteiger charge is 2.32. The van der Waals surface area contributed by atoms with Crippen molar-refractivity contribution in [2.24, 2.45) is 0 Å². The number of rotatable bonds is 5. The van der Waals surface area contributed by atoms with Gasteiger partial charge < -0.3 is 10.2 Å². The van der Waals surface area contributed by atoms with Gasteiger partial charge in [0.1, 0.15) is 0 Å². The van der Waals surface area contributed by atoms with Gasteiger partial charge in [0.15, 0.2) is 0 Å². The van der Waals surface area contributed by atoms with Crippen LogP contribution in [0.2, 0.25) is 5.02 Å². The Hall–Kier alpha value is -1.86. The second-order valence-electron chi connectivity index (χ2n) is 6.21. The molecule has 1 aliphatic rings. The van der Waals surface area contributed by atoms with Gasteiger partial charge in [0.05, 0.1) is 22.7 Å². The monoisotopic (exact) mass is 414 g/mol. The summed E-state index contributed by atoms with van der Waals surface area (Å²) in [5.41, 5.74) is 0.122. The van der Waals surface area contributed by atoms with Crippen LogP contribution < -0.4 is 10.2 Å². The number of nitrogens with zero attached hydrogens (tertiary/aromatic N) is 1. The van der Waals surface area contributed by atoms with E-state index in [0.29, 0.717) is 29.5 Å². The smallest absolute Gasteiger partial charge is 0.370 e. The van der Waals surface area contributed by atoms with Gasteiger partial charge in [-0.2, -0.15) is 13.2 Å². The Morgan fingerprint density at radius 3 is 2.41 bits per heavy atom. The van der Waals surface area contributed by atoms with Gasteiger partial charge in [-0.15, -0.1) is 11.8 Å². The van der Waals surface area contributed by atoms with Gasteiger partial charge in [-0.3, -0.25) is 4.79 Å². The van der Waals surface area contributed by atoms with Crippen molar-refractivity contribution < 1.29 is 18.0 Å². The summed E-state index contributed by atoms with van der Waals surface area (Å²) in [6.45, 7) is 1.37. The lowest BCUT2D eigenvalue weighted by Gasteiger charge is -2.23. The van der Waals surface area contributed by atoms with Crippen LogP contribution in [0.1, 0.15) is 18.4 Å². The summed E-state index contributed by atoms with van der Waals surface area (Å²) in [5.74, 6) is -0.114. The van der Waals surface area contributed by atoms with Crippen LogP contribution >= 0.6 is 23.4 Å². The largest absolute Gasteiger partial charge is 0.416 e. The van der Waals surface area contributed by atoms with E-state index in [-0.39, 0.29) is 11.7 Å². The molecule has 1 saturated heterocycles. The van der Waals surface area contributed by atoms with Crippen molar-refractivity contribution in [3.63, 3.8) is 0 Å². The molecule has 3 rings (SSSR count). The molecule has 0 unspecified atom stereocenters. The van der Waals surface area contributed by atoms with Crippen LogP contribution in [0, 0.1) is 0 Å². The Labute approximate surface area is 164 Å². The molecule has 0 aromatic heterocycles. The molecule has 27 heavy (non-hydrogen) atoms. The first-order valence-corrected chi connectivity index (χ1v) is 9.84. The SMILES string of the molecule is O=C(CSc1ccc(Cl)cc1)Nc1ccc(C(F)(F)F)cc1N1CCCC1. The van der Waals surface area contributed by atoms with E-state index in [0.717, 1.165) is 29.9 Å². The maximum absolute atomic E-state index is 13.1. The molecule has 2 aromatic rings. The van der Waals surface area contributed by atoms with E-state index in [2.05, 4.69) is 5.32 Å². The van der Waals surface area contributed by atoms with Gasteiger partial charge in [0, 0.05) is 23.0 Å². The van der Waals surface area contributed by atoms with Gasteiger partial charge in [0.2, 0.25) is 5.91 Å². The van der Waals surface area contributed by atoms with E-state index < -0.39 is 11.7 Å². The Morgan fingerprint density at radius 1 is 1.11 bits per heavy atom. The number of halogens is 4. The average Bonchev–Trinajstić information content (AvgIpc) is 3.15. The molecule has 0 bridgehead atoms. The number of carbonyl (C=O) groups is 1. The first-order chi connectivity index (χ1) is 12.8. The summed E-state index contributed by atoms with van der Waals surface area (Å²) in [4.78, 5) is 15.1. The number of hydrogen-bond acceptors (Lipinski definition) is 3. The number of alkyl halides is 3. The Balaban J connectivity index is 1.72. The van der Waals surface area contributed by atoms with Crippen LogP contribution in [0.5, 0.6) is 0 Å². The van der Waals surface area contributed by atoms with Crippen LogP contribution in [-0.4, -0.2) is 24.7 Å². The first kappa shape index (κ1) is 19.9. The molecule has 1 heterocycles. The molecule has 144 valence electrons. The summed E-state index contributed by atoms with van der Waals surface area (Å²) in [6, 6.07) is 10.6. The number of anilines is 2. The first-order valence-electron chi connectivity index (χ1n) is 8.47. The summed E-state index contributed by atoms with van der Waals surface area (Å²) < 4.78 is 39.2. The molecule has 0 spiro atoms. The van der Waals surface area contributed by atoms with Crippen LogP contribution in [0.4, 0.5) is 24.5 Å². The molecular weight excluding hydrogens is 397 g/mol. The van der Waals surface area contributed by atoms with Crippen molar-refractivity contribution in [2.75, 3.05) is 29.1 Å². The quantitative estimate of drug-likeness (QED) is 0.638. The molecule has 3 nitrogen and oxygen atoms in total. The fourth-order valence-corrected chi connectivity index (χ4v) is 3.72. The number of amides is 1. The lowest BCUT2D eigenvalue weighted by atomic mass is 10.1. The third-order valence-corrected chi connectivity index (χ3v) is 5.49. The molecule has 8 heteroatoms. The normalized spacial score (nSPS) is 14.4. The summed E-state index contributed by atoms with van der Waals surface area (Å²) in [5, 5.41) is 3.37. The zero-order chi connectivity index (χ0) is 19.4. The lowest BCUT2D eigenvalue weighted by Crippen LogP contribution is -2.22. The standard InChI is InChI=1S/C19H18ClF3N2OS/c20-14-4-6-15(7-5-14)27-12-18(26)24-16-8-3-13(19(21,22)23)11-17(16)25-9-1-2-10-25/h3-8,11H,1-2,9-10,12H2,(H,24,26). The van der Waals surface area contributed by atoms with E-state index in [1.807, 2.05) is 17.0 Å². The van der Waals surface area contributed by atoms with Gasteiger partial charge in [-0.1, -0.05) is 11.6 Å². The van der Waals surface area contributed by atoms with Crippen LogP contribution in [0.25, 0.3) is 0 Å². The van der Waals surface area contributed by atoms with E-state index in [4.69, 9.17) is 11.6 Å². The highest BCUT2D eigenvalue weighted by Crippen LogP contribution is 2.37. The van der Waals surface area contributed by atoms with Gasteiger partial charge >= 0.3 is 6.18 Å². The lowest BCUT2D eigenvalue weighted by molar-refractivity contribution is -0.137. The summed E-state index contributed by atoms with van der Waals surface area (Å²) >= 11 is 7.17. The zero-order valence-corrected chi connectivity index (χ0v) is 15.9. The van der Waals surface area contributed by atoms with E-state index in [1.54, 1.807) is 12.1 Å². The second kappa shape index (κ2) is 8.44. The van der Waals surface area contributed by atoms with Crippen LogP contribution in [0.15, 0.2) is 47.4 Å². The number of nitrogens with one attached hydrogen (secondary N) is 1. The molecular formula is C19H18ClF3N2OS. The fraction of sp³-hybridized carbons (Fsp3) is 0.316. The number of benzene rings is 2. The van der Waals surface area contributed by atoms with Crippen molar-refractivity contribution >= 4 is 40.6 Å². The molecule has 1 N–H and O–H groups in total. The fourth-order valence-electron chi connectivity index (χ4n) is 2.90.